The second kappa shape index (κ2) is 6.47. The largest absolute Gasteiger partial charge is 0.437 e. The molecule has 0 fully saturated rings. The third-order valence-electron chi connectivity index (χ3n) is 2.28. The van der Waals surface area contributed by atoms with Gasteiger partial charge in [-0.25, -0.2) is 4.98 Å². The summed E-state index contributed by atoms with van der Waals surface area (Å²) >= 11 is 3.35. The van der Waals surface area contributed by atoms with Crippen LogP contribution in [0.2, 0.25) is 0 Å². The van der Waals surface area contributed by atoms with Crippen molar-refractivity contribution in [2.24, 2.45) is 0 Å². The number of rotatable bonds is 5. The van der Waals surface area contributed by atoms with Crippen LogP contribution in [0, 0.1) is 0 Å². The lowest BCUT2D eigenvalue weighted by atomic mass is 10.2. The topological polar surface area (TPSA) is 47.0 Å². The van der Waals surface area contributed by atoms with E-state index >= 15 is 0 Å². The van der Waals surface area contributed by atoms with Gasteiger partial charge in [0.1, 0.15) is 5.75 Å². The maximum Gasteiger partial charge on any atom is 0.219 e. The maximum atomic E-state index is 5.65. The molecule has 0 atom stereocenters. The average molecular weight is 308 g/mol. The first-order valence-electron chi connectivity index (χ1n) is 5.72. The lowest BCUT2D eigenvalue weighted by Crippen LogP contribution is -2.11. The van der Waals surface area contributed by atoms with Gasteiger partial charge in [0.15, 0.2) is 0 Å². The monoisotopic (exact) mass is 307 g/mol. The van der Waals surface area contributed by atoms with Crippen LogP contribution < -0.4 is 10.1 Å². The molecule has 0 aliphatic heterocycles. The fraction of sp³-hybridized carbons (Fsp3) is 0.231. The number of ether oxygens (including phenoxy) is 1. The Balaban J connectivity index is 2.09. The molecule has 18 heavy (non-hydrogen) atoms. The van der Waals surface area contributed by atoms with Gasteiger partial charge in [-0.2, -0.15) is 0 Å². The number of nitrogens with zero attached hydrogens (tertiary/aromatic N) is 2. The minimum Gasteiger partial charge on any atom is -0.437 e. The zero-order valence-corrected chi connectivity index (χ0v) is 11.6. The highest BCUT2D eigenvalue weighted by Crippen LogP contribution is 2.22. The van der Waals surface area contributed by atoms with Gasteiger partial charge in [-0.05, 0) is 40.2 Å². The van der Waals surface area contributed by atoms with Crippen molar-refractivity contribution in [3.8, 4) is 11.6 Å². The van der Waals surface area contributed by atoms with E-state index in [-0.39, 0.29) is 0 Å². The fourth-order valence-electron chi connectivity index (χ4n) is 1.45. The summed E-state index contributed by atoms with van der Waals surface area (Å²) in [7, 11) is 0. The van der Waals surface area contributed by atoms with E-state index in [2.05, 4.69) is 38.1 Å². The molecule has 0 saturated carbocycles. The summed E-state index contributed by atoms with van der Waals surface area (Å²) in [5.74, 6) is 1.24. The average Bonchev–Trinajstić information content (AvgIpc) is 2.37. The molecule has 0 amide bonds. The Morgan fingerprint density at radius 1 is 1.33 bits per heavy atom. The van der Waals surface area contributed by atoms with Crippen LogP contribution >= 0.6 is 15.9 Å². The molecule has 2 heterocycles. The van der Waals surface area contributed by atoms with E-state index in [0.717, 1.165) is 23.1 Å². The van der Waals surface area contributed by atoms with Crippen LogP contribution in [0.25, 0.3) is 0 Å². The molecule has 0 aromatic carbocycles. The number of pyridine rings is 2. The summed E-state index contributed by atoms with van der Waals surface area (Å²) in [6, 6.07) is 5.74. The number of hydrogen-bond acceptors (Lipinski definition) is 4. The van der Waals surface area contributed by atoms with Crippen molar-refractivity contribution < 1.29 is 4.74 Å². The Labute approximate surface area is 115 Å². The molecule has 5 heteroatoms. The van der Waals surface area contributed by atoms with Crippen molar-refractivity contribution in [1.82, 2.24) is 15.3 Å². The van der Waals surface area contributed by atoms with E-state index < -0.39 is 0 Å². The van der Waals surface area contributed by atoms with Crippen LogP contribution in [0.1, 0.15) is 12.5 Å². The van der Waals surface area contributed by atoms with Crippen molar-refractivity contribution >= 4 is 15.9 Å². The summed E-state index contributed by atoms with van der Waals surface area (Å²) in [5.41, 5.74) is 1.14. The Morgan fingerprint density at radius 3 is 3.00 bits per heavy atom. The SMILES string of the molecule is CCNCc1ccnc(Oc2cncc(Br)c2)c1. The zero-order chi connectivity index (χ0) is 12.8. The van der Waals surface area contributed by atoms with Crippen LogP contribution in [0.5, 0.6) is 11.6 Å². The molecule has 0 saturated heterocycles. The van der Waals surface area contributed by atoms with Gasteiger partial charge in [-0.3, -0.25) is 4.98 Å². The van der Waals surface area contributed by atoms with Gasteiger partial charge in [0.25, 0.3) is 0 Å². The molecule has 0 aliphatic rings. The van der Waals surface area contributed by atoms with E-state index in [4.69, 9.17) is 4.74 Å². The zero-order valence-electron chi connectivity index (χ0n) is 10.1. The molecule has 0 aliphatic carbocycles. The Hall–Kier alpha value is -1.46. The summed E-state index contributed by atoms with van der Waals surface area (Å²) in [4.78, 5) is 8.22. The lowest BCUT2D eigenvalue weighted by Gasteiger charge is -2.06. The molecular formula is C13H14BrN3O. The highest BCUT2D eigenvalue weighted by molar-refractivity contribution is 9.10. The van der Waals surface area contributed by atoms with Crippen molar-refractivity contribution in [1.29, 1.82) is 0 Å². The van der Waals surface area contributed by atoms with Crippen LogP contribution in [0.15, 0.2) is 41.3 Å². The van der Waals surface area contributed by atoms with Gasteiger partial charge in [-0.15, -0.1) is 0 Å². The van der Waals surface area contributed by atoms with Gasteiger partial charge in [0.05, 0.1) is 6.20 Å². The lowest BCUT2D eigenvalue weighted by molar-refractivity contribution is 0.459. The third kappa shape index (κ3) is 3.78. The van der Waals surface area contributed by atoms with Crippen molar-refractivity contribution in [3.05, 3.63) is 46.8 Å². The first-order valence-corrected chi connectivity index (χ1v) is 6.51. The first-order chi connectivity index (χ1) is 8.78. The van der Waals surface area contributed by atoms with Crippen molar-refractivity contribution in [2.45, 2.75) is 13.5 Å². The fourth-order valence-corrected chi connectivity index (χ4v) is 1.80. The molecule has 2 aromatic heterocycles. The minimum absolute atomic E-state index is 0.574. The summed E-state index contributed by atoms with van der Waals surface area (Å²) in [6.07, 6.45) is 5.11. The highest BCUT2D eigenvalue weighted by Gasteiger charge is 2.01. The van der Waals surface area contributed by atoms with Crippen LogP contribution in [-0.4, -0.2) is 16.5 Å². The smallest absolute Gasteiger partial charge is 0.219 e. The molecule has 0 radical (unpaired) electrons. The minimum atomic E-state index is 0.574. The van der Waals surface area contributed by atoms with Crippen molar-refractivity contribution in [2.75, 3.05) is 6.54 Å². The molecule has 0 spiro atoms. The Kier molecular flexibility index (Phi) is 4.66. The van der Waals surface area contributed by atoms with Gasteiger partial charge in [-0.1, -0.05) is 6.92 Å². The molecule has 1 N–H and O–H groups in total. The third-order valence-corrected chi connectivity index (χ3v) is 2.71. The maximum absolute atomic E-state index is 5.65. The molecule has 0 bridgehead atoms. The van der Waals surface area contributed by atoms with Gasteiger partial charge in [0, 0.05) is 29.5 Å². The van der Waals surface area contributed by atoms with Gasteiger partial charge < -0.3 is 10.1 Å². The second-order valence-electron chi connectivity index (χ2n) is 3.72. The van der Waals surface area contributed by atoms with Crippen LogP contribution in [0.4, 0.5) is 0 Å². The van der Waals surface area contributed by atoms with Gasteiger partial charge >= 0.3 is 0 Å². The van der Waals surface area contributed by atoms with E-state index in [1.807, 2.05) is 18.2 Å². The number of hydrogen-bond donors (Lipinski definition) is 1. The highest BCUT2D eigenvalue weighted by atomic mass is 79.9. The first kappa shape index (κ1) is 13.0. The number of aromatic nitrogens is 2. The predicted octanol–water partition coefficient (Wildman–Crippen LogP) is 3.14. The number of halogens is 1. The number of nitrogens with one attached hydrogen (secondary N) is 1. The van der Waals surface area contributed by atoms with Crippen LogP contribution in [-0.2, 0) is 6.54 Å². The predicted molar refractivity (Wildman–Crippen MR) is 73.6 cm³/mol. The molecule has 2 aromatic rings. The normalized spacial score (nSPS) is 10.3. The van der Waals surface area contributed by atoms with E-state index in [1.165, 1.54) is 0 Å². The Morgan fingerprint density at radius 2 is 2.22 bits per heavy atom. The summed E-state index contributed by atoms with van der Waals surface area (Å²) in [6.45, 7) is 3.83. The molecule has 2 rings (SSSR count). The van der Waals surface area contributed by atoms with Crippen LogP contribution in [0.3, 0.4) is 0 Å². The summed E-state index contributed by atoms with van der Waals surface area (Å²) in [5, 5.41) is 3.26. The molecule has 4 nitrogen and oxygen atoms in total. The Bertz CT molecular complexity index is 519. The molecule has 94 valence electrons. The second-order valence-corrected chi connectivity index (χ2v) is 4.64. The molecule has 0 unspecified atom stereocenters. The van der Waals surface area contributed by atoms with E-state index in [9.17, 15) is 0 Å². The van der Waals surface area contributed by atoms with Gasteiger partial charge in [0.2, 0.25) is 5.88 Å². The molecular weight excluding hydrogens is 294 g/mol. The van der Waals surface area contributed by atoms with Crippen molar-refractivity contribution in [3.63, 3.8) is 0 Å². The standard InChI is InChI=1S/C13H14BrN3O/c1-2-15-7-10-3-4-17-13(5-10)18-12-6-11(14)8-16-9-12/h3-6,8-9,15H,2,7H2,1H3. The summed E-state index contributed by atoms with van der Waals surface area (Å²) < 4.78 is 6.53. The quantitative estimate of drug-likeness (QED) is 0.922. The van der Waals surface area contributed by atoms with E-state index in [1.54, 1.807) is 18.6 Å². The van der Waals surface area contributed by atoms with E-state index in [0.29, 0.717) is 11.6 Å².